The third-order valence-corrected chi connectivity index (χ3v) is 4.83. The number of carbonyl (C=O) groups excluding carboxylic acids is 1. The van der Waals surface area contributed by atoms with Gasteiger partial charge in [0.05, 0.1) is 7.11 Å². The SMILES string of the molecule is COc1cc2c(cc1OCc1ccc(F)cc1)O[C@H](O)c1cc(C(C)=O)ccc1-2. The zero-order chi connectivity index (χ0) is 20.5. The lowest BCUT2D eigenvalue weighted by atomic mass is 9.93. The van der Waals surface area contributed by atoms with Crippen LogP contribution >= 0.6 is 0 Å². The molecule has 1 heterocycles. The normalized spacial score (nSPS) is 14.4. The predicted octanol–water partition coefficient (Wildman–Crippen LogP) is 4.67. The van der Waals surface area contributed by atoms with Gasteiger partial charge in [0, 0.05) is 22.8 Å². The average molecular weight is 394 g/mol. The monoisotopic (exact) mass is 394 g/mol. The third-order valence-electron chi connectivity index (χ3n) is 4.83. The minimum absolute atomic E-state index is 0.0899. The molecule has 3 aromatic carbocycles. The van der Waals surface area contributed by atoms with Gasteiger partial charge in [0.2, 0.25) is 6.29 Å². The molecule has 0 saturated heterocycles. The van der Waals surface area contributed by atoms with Crippen molar-refractivity contribution in [1.82, 2.24) is 0 Å². The molecule has 1 N–H and O–H groups in total. The maximum atomic E-state index is 13.1. The second-order valence-electron chi connectivity index (χ2n) is 6.74. The molecule has 148 valence electrons. The minimum atomic E-state index is -1.20. The second-order valence-corrected chi connectivity index (χ2v) is 6.74. The highest BCUT2D eigenvalue weighted by molar-refractivity contribution is 5.95. The topological polar surface area (TPSA) is 65.0 Å². The zero-order valence-electron chi connectivity index (χ0n) is 15.9. The Morgan fingerprint density at radius 3 is 2.52 bits per heavy atom. The van der Waals surface area contributed by atoms with Crippen LogP contribution in [0.15, 0.2) is 54.6 Å². The van der Waals surface area contributed by atoms with Crippen molar-refractivity contribution in [3.8, 4) is 28.4 Å². The van der Waals surface area contributed by atoms with E-state index >= 15 is 0 Å². The van der Waals surface area contributed by atoms with Gasteiger partial charge in [-0.1, -0.05) is 24.3 Å². The molecule has 0 unspecified atom stereocenters. The fourth-order valence-electron chi connectivity index (χ4n) is 3.28. The summed E-state index contributed by atoms with van der Waals surface area (Å²) in [5.74, 6) is 0.969. The van der Waals surface area contributed by atoms with Gasteiger partial charge in [0.15, 0.2) is 17.3 Å². The van der Waals surface area contributed by atoms with Crippen LogP contribution in [0.5, 0.6) is 17.2 Å². The summed E-state index contributed by atoms with van der Waals surface area (Å²) in [6.07, 6.45) is -1.20. The van der Waals surface area contributed by atoms with E-state index in [-0.39, 0.29) is 18.2 Å². The first-order valence-corrected chi connectivity index (χ1v) is 9.05. The van der Waals surface area contributed by atoms with Crippen molar-refractivity contribution >= 4 is 5.78 Å². The van der Waals surface area contributed by atoms with E-state index in [1.54, 1.807) is 42.5 Å². The highest BCUT2D eigenvalue weighted by Gasteiger charge is 2.27. The standard InChI is InChI=1S/C23H19FO5/c1-13(25)15-5-8-17-18-10-21(27-2)22(11-20(18)29-23(26)19(17)9-15)28-12-14-3-6-16(24)7-4-14/h3-11,23,26H,12H2,1-2H3/t23-/m0/s1. The van der Waals surface area contributed by atoms with Crippen molar-refractivity contribution in [2.24, 2.45) is 0 Å². The highest BCUT2D eigenvalue weighted by atomic mass is 19.1. The molecule has 0 aromatic heterocycles. The number of aliphatic hydroxyl groups is 1. The first-order chi connectivity index (χ1) is 14.0. The quantitative estimate of drug-likeness (QED) is 0.638. The number of rotatable bonds is 5. The smallest absolute Gasteiger partial charge is 0.224 e. The molecule has 0 aliphatic carbocycles. The molecule has 1 aliphatic rings. The number of carbonyl (C=O) groups is 1. The van der Waals surface area contributed by atoms with Crippen molar-refractivity contribution in [1.29, 1.82) is 0 Å². The first-order valence-electron chi connectivity index (χ1n) is 9.05. The summed E-state index contributed by atoms with van der Waals surface area (Å²) in [6, 6.07) is 14.6. The number of fused-ring (bicyclic) bond motifs is 3. The van der Waals surface area contributed by atoms with Gasteiger partial charge >= 0.3 is 0 Å². The first kappa shape index (κ1) is 19.0. The molecular weight excluding hydrogens is 375 g/mol. The molecule has 0 saturated carbocycles. The molecule has 5 nitrogen and oxygen atoms in total. The minimum Gasteiger partial charge on any atom is -0.493 e. The van der Waals surface area contributed by atoms with Crippen molar-refractivity contribution in [3.63, 3.8) is 0 Å². The van der Waals surface area contributed by atoms with E-state index < -0.39 is 6.29 Å². The summed E-state index contributed by atoms with van der Waals surface area (Å²) in [7, 11) is 1.53. The van der Waals surface area contributed by atoms with Crippen molar-refractivity contribution < 1.29 is 28.5 Å². The van der Waals surface area contributed by atoms with Crippen LogP contribution in [0, 0.1) is 5.82 Å². The van der Waals surface area contributed by atoms with E-state index in [1.165, 1.54) is 26.2 Å². The van der Waals surface area contributed by atoms with Crippen molar-refractivity contribution in [2.45, 2.75) is 19.8 Å². The van der Waals surface area contributed by atoms with E-state index in [4.69, 9.17) is 14.2 Å². The van der Waals surface area contributed by atoms with Gasteiger partial charge in [0.1, 0.15) is 18.2 Å². The van der Waals surface area contributed by atoms with E-state index in [1.807, 2.05) is 0 Å². The molecule has 3 aromatic rings. The number of Topliss-reactive ketones (excluding diaryl/α,β-unsaturated/α-hetero) is 1. The van der Waals surface area contributed by atoms with Crippen molar-refractivity contribution in [2.75, 3.05) is 7.11 Å². The van der Waals surface area contributed by atoms with Gasteiger partial charge in [-0.15, -0.1) is 0 Å². The lowest BCUT2D eigenvalue weighted by Gasteiger charge is -2.27. The third kappa shape index (κ3) is 3.67. The van der Waals surface area contributed by atoms with Crippen LogP contribution in [-0.2, 0) is 6.61 Å². The number of hydrogen-bond acceptors (Lipinski definition) is 5. The maximum absolute atomic E-state index is 13.1. The molecule has 4 rings (SSSR count). The maximum Gasteiger partial charge on any atom is 0.224 e. The molecule has 0 amide bonds. The fourth-order valence-corrected chi connectivity index (χ4v) is 3.28. The van der Waals surface area contributed by atoms with E-state index in [9.17, 15) is 14.3 Å². The number of methoxy groups -OCH3 is 1. The number of ether oxygens (including phenoxy) is 3. The Labute approximate surface area is 167 Å². The van der Waals surface area contributed by atoms with E-state index in [0.717, 1.165) is 16.7 Å². The second kappa shape index (κ2) is 7.56. The zero-order valence-corrected chi connectivity index (χ0v) is 15.9. The largest absolute Gasteiger partial charge is 0.493 e. The Morgan fingerprint density at radius 2 is 1.83 bits per heavy atom. The number of aliphatic hydroxyl groups excluding tert-OH is 1. The Morgan fingerprint density at radius 1 is 1.07 bits per heavy atom. The summed E-state index contributed by atoms with van der Waals surface area (Å²) >= 11 is 0. The average Bonchev–Trinajstić information content (AvgIpc) is 2.72. The summed E-state index contributed by atoms with van der Waals surface area (Å²) in [5.41, 5.74) is 3.31. The Bertz CT molecular complexity index is 1080. The van der Waals surface area contributed by atoms with Crippen LogP contribution in [0.3, 0.4) is 0 Å². The van der Waals surface area contributed by atoms with Gasteiger partial charge in [-0.25, -0.2) is 4.39 Å². The van der Waals surface area contributed by atoms with Crippen LogP contribution in [-0.4, -0.2) is 18.0 Å². The highest BCUT2D eigenvalue weighted by Crippen LogP contribution is 2.47. The number of ketones is 1. The Balaban J connectivity index is 1.69. The molecule has 1 atom stereocenters. The summed E-state index contributed by atoms with van der Waals surface area (Å²) < 4.78 is 30.0. The fraction of sp³-hybridized carbons (Fsp3) is 0.174. The molecule has 0 fully saturated rings. The predicted molar refractivity (Wildman–Crippen MR) is 105 cm³/mol. The van der Waals surface area contributed by atoms with E-state index in [0.29, 0.717) is 28.4 Å². The van der Waals surface area contributed by atoms with Crippen LogP contribution in [0.25, 0.3) is 11.1 Å². The lowest BCUT2D eigenvalue weighted by molar-refractivity contribution is -0.0215. The molecular formula is C23H19FO5. The molecule has 0 spiro atoms. The van der Waals surface area contributed by atoms with Crippen LogP contribution < -0.4 is 14.2 Å². The number of benzene rings is 3. The van der Waals surface area contributed by atoms with Crippen LogP contribution in [0.1, 0.15) is 34.7 Å². The molecule has 6 heteroatoms. The molecule has 0 bridgehead atoms. The summed E-state index contributed by atoms with van der Waals surface area (Å²) in [5, 5.41) is 10.4. The molecule has 29 heavy (non-hydrogen) atoms. The van der Waals surface area contributed by atoms with Crippen LogP contribution in [0.4, 0.5) is 4.39 Å². The van der Waals surface area contributed by atoms with Crippen LogP contribution in [0.2, 0.25) is 0 Å². The van der Waals surface area contributed by atoms with Gasteiger partial charge in [-0.3, -0.25) is 4.79 Å². The van der Waals surface area contributed by atoms with Gasteiger partial charge < -0.3 is 19.3 Å². The lowest BCUT2D eigenvalue weighted by Crippen LogP contribution is -2.14. The summed E-state index contributed by atoms with van der Waals surface area (Å²) in [6.45, 7) is 1.69. The van der Waals surface area contributed by atoms with Gasteiger partial charge in [-0.2, -0.15) is 0 Å². The Kier molecular flexibility index (Phi) is 4.94. The van der Waals surface area contributed by atoms with Gasteiger partial charge in [0.25, 0.3) is 0 Å². The summed E-state index contributed by atoms with van der Waals surface area (Å²) in [4.78, 5) is 11.7. The Hall–Kier alpha value is -3.38. The van der Waals surface area contributed by atoms with Crippen molar-refractivity contribution in [3.05, 3.63) is 77.1 Å². The number of hydrogen-bond donors (Lipinski definition) is 1. The van der Waals surface area contributed by atoms with E-state index in [2.05, 4.69) is 0 Å². The molecule has 0 radical (unpaired) electrons. The van der Waals surface area contributed by atoms with Gasteiger partial charge in [-0.05, 0) is 42.3 Å². The number of halogens is 1. The molecule has 1 aliphatic heterocycles.